The number of benzene rings is 1. The number of hydrogen-bond acceptors (Lipinski definition) is 4. The van der Waals surface area contributed by atoms with Gasteiger partial charge in [0.15, 0.2) is 0 Å². The molecule has 0 spiro atoms. The fourth-order valence-electron chi connectivity index (χ4n) is 1.67. The molecule has 8 heteroatoms. The van der Waals surface area contributed by atoms with Crippen molar-refractivity contribution in [3.05, 3.63) is 45.7 Å². The zero-order chi connectivity index (χ0) is 15.0. The van der Waals surface area contributed by atoms with Gasteiger partial charge in [0.1, 0.15) is 5.00 Å². The highest BCUT2D eigenvalue weighted by atomic mass is 79.9. The van der Waals surface area contributed by atoms with Gasteiger partial charge < -0.3 is 0 Å². The summed E-state index contributed by atoms with van der Waals surface area (Å²) in [5, 5.41) is 8.74. The fraction of sp³-hybridized carbons (Fsp3) is 0.0769. The number of thiophene rings is 2. The van der Waals surface area contributed by atoms with Gasteiger partial charge in [0.25, 0.3) is 0 Å². The van der Waals surface area contributed by atoms with Crippen molar-refractivity contribution in [2.45, 2.75) is 6.18 Å². The molecule has 0 saturated carbocycles. The SMILES string of the molecule is FC(F)(F)c1ccc(N=Nc2cc3sc(Br)cc3s2)cc1. The number of fused-ring (bicyclic) bond motifs is 1. The topological polar surface area (TPSA) is 24.7 Å². The summed E-state index contributed by atoms with van der Waals surface area (Å²) in [7, 11) is 0. The van der Waals surface area contributed by atoms with Crippen molar-refractivity contribution in [1.29, 1.82) is 0 Å². The summed E-state index contributed by atoms with van der Waals surface area (Å²) < 4.78 is 40.6. The molecule has 3 aromatic rings. The molecule has 0 bridgehead atoms. The van der Waals surface area contributed by atoms with Crippen LogP contribution in [-0.2, 0) is 6.18 Å². The Morgan fingerprint density at radius 2 is 1.57 bits per heavy atom. The maximum absolute atomic E-state index is 12.4. The summed E-state index contributed by atoms with van der Waals surface area (Å²) >= 11 is 6.49. The van der Waals surface area contributed by atoms with Crippen molar-refractivity contribution in [2.75, 3.05) is 0 Å². The lowest BCUT2D eigenvalue weighted by molar-refractivity contribution is -0.137. The highest BCUT2D eigenvalue weighted by Crippen LogP contribution is 2.40. The molecule has 0 unspecified atom stereocenters. The minimum absolute atomic E-state index is 0.390. The molecular weight excluding hydrogens is 385 g/mol. The molecule has 2 aromatic heterocycles. The highest BCUT2D eigenvalue weighted by Gasteiger charge is 2.29. The first-order valence-corrected chi connectivity index (χ1v) is 8.12. The smallest absolute Gasteiger partial charge is 0.166 e. The molecule has 0 N–H and O–H groups in total. The molecule has 2 heterocycles. The summed E-state index contributed by atoms with van der Waals surface area (Å²) in [4.78, 5) is 0. The van der Waals surface area contributed by atoms with Gasteiger partial charge in [0.05, 0.1) is 15.0 Å². The molecule has 0 aliphatic carbocycles. The Morgan fingerprint density at radius 3 is 2.19 bits per heavy atom. The first kappa shape index (κ1) is 14.7. The zero-order valence-corrected chi connectivity index (χ0v) is 13.4. The summed E-state index contributed by atoms with van der Waals surface area (Å²) in [6, 6.07) is 8.51. The van der Waals surface area contributed by atoms with E-state index in [0.717, 1.165) is 30.3 Å². The fourth-order valence-corrected chi connectivity index (χ4v) is 4.51. The number of rotatable bonds is 2. The van der Waals surface area contributed by atoms with Gasteiger partial charge in [0.2, 0.25) is 0 Å². The van der Waals surface area contributed by atoms with Crippen LogP contribution >= 0.6 is 38.6 Å². The van der Waals surface area contributed by atoms with E-state index in [-0.39, 0.29) is 0 Å². The van der Waals surface area contributed by atoms with Crippen LogP contribution in [0.25, 0.3) is 9.40 Å². The number of halogens is 4. The minimum Gasteiger partial charge on any atom is -0.166 e. The lowest BCUT2D eigenvalue weighted by atomic mass is 10.2. The summed E-state index contributed by atoms with van der Waals surface area (Å²) in [6.07, 6.45) is -4.33. The maximum atomic E-state index is 12.4. The minimum atomic E-state index is -4.33. The third-order valence-corrected chi connectivity index (χ3v) is 5.30. The van der Waals surface area contributed by atoms with Crippen molar-refractivity contribution in [2.24, 2.45) is 10.2 Å². The van der Waals surface area contributed by atoms with Gasteiger partial charge in [-0.25, -0.2) is 0 Å². The van der Waals surface area contributed by atoms with Crippen molar-refractivity contribution in [3.63, 3.8) is 0 Å². The second-order valence-corrected chi connectivity index (χ2v) is 7.63. The lowest BCUT2D eigenvalue weighted by Crippen LogP contribution is -2.03. The van der Waals surface area contributed by atoms with E-state index >= 15 is 0 Å². The van der Waals surface area contributed by atoms with Crippen LogP contribution in [0, 0.1) is 0 Å². The van der Waals surface area contributed by atoms with Gasteiger partial charge in [0, 0.05) is 9.40 Å². The standard InChI is InChI=1S/C13H6BrF3N2S2/c14-11-5-9-10(20-11)6-12(21-9)19-18-8-3-1-7(2-4-8)13(15,16)17/h1-6H. The predicted octanol–water partition coefficient (Wildman–Crippen LogP) is 7.16. The van der Waals surface area contributed by atoms with E-state index in [1.165, 1.54) is 23.5 Å². The Bertz CT molecular complexity index is 772. The average molecular weight is 391 g/mol. The highest BCUT2D eigenvalue weighted by molar-refractivity contribution is 9.11. The van der Waals surface area contributed by atoms with Gasteiger partial charge in [-0.05, 0) is 52.3 Å². The third-order valence-electron chi connectivity index (χ3n) is 2.62. The van der Waals surface area contributed by atoms with Crippen LogP contribution < -0.4 is 0 Å². The van der Waals surface area contributed by atoms with Gasteiger partial charge in [-0.2, -0.15) is 13.2 Å². The molecule has 1 aromatic carbocycles. The predicted molar refractivity (Wildman–Crippen MR) is 83.0 cm³/mol. The van der Waals surface area contributed by atoms with Crippen LogP contribution in [0.2, 0.25) is 0 Å². The van der Waals surface area contributed by atoms with Gasteiger partial charge in [-0.15, -0.1) is 32.9 Å². The Kier molecular flexibility index (Phi) is 3.85. The van der Waals surface area contributed by atoms with Crippen LogP contribution in [0.1, 0.15) is 5.56 Å². The van der Waals surface area contributed by atoms with E-state index in [0.29, 0.717) is 5.69 Å². The number of azo groups is 1. The monoisotopic (exact) mass is 390 g/mol. The molecule has 108 valence electrons. The van der Waals surface area contributed by atoms with E-state index in [1.54, 1.807) is 11.3 Å². The second-order valence-electron chi connectivity index (χ2n) is 4.11. The Morgan fingerprint density at radius 1 is 0.905 bits per heavy atom. The first-order valence-electron chi connectivity index (χ1n) is 5.70. The first-order chi connectivity index (χ1) is 9.91. The summed E-state index contributed by atoms with van der Waals surface area (Å²) in [5.74, 6) is 0. The van der Waals surface area contributed by atoms with Gasteiger partial charge in [-0.3, -0.25) is 0 Å². The Labute approximate surface area is 134 Å². The molecule has 0 atom stereocenters. The summed E-state index contributed by atoms with van der Waals surface area (Å²) in [5.41, 5.74) is -0.302. The molecule has 0 radical (unpaired) electrons. The number of alkyl halides is 3. The average Bonchev–Trinajstić information content (AvgIpc) is 2.92. The van der Waals surface area contributed by atoms with E-state index in [4.69, 9.17) is 0 Å². The normalized spacial score (nSPS) is 12.6. The molecule has 2 nitrogen and oxygen atoms in total. The maximum Gasteiger partial charge on any atom is 0.416 e. The molecule has 0 fully saturated rings. The number of hydrogen-bond donors (Lipinski definition) is 0. The Hall–Kier alpha value is -1.25. The largest absolute Gasteiger partial charge is 0.416 e. The van der Waals surface area contributed by atoms with Crippen LogP contribution in [0.4, 0.5) is 23.9 Å². The van der Waals surface area contributed by atoms with Crippen LogP contribution in [0.15, 0.2) is 50.4 Å². The van der Waals surface area contributed by atoms with Crippen molar-refractivity contribution in [1.82, 2.24) is 0 Å². The molecule has 0 aliphatic heterocycles. The molecule has 0 amide bonds. The van der Waals surface area contributed by atoms with E-state index in [2.05, 4.69) is 26.2 Å². The van der Waals surface area contributed by atoms with E-state index in [9.17, 15) is 13.2 Å². The molecule has 0 aliphatic rings. The van der Waals surface area contributed by atoms with Crippen molar-refractivity contribution < 1.29 is 13.2 Å². The molecule has 0 saturated heterocycles. The second kappa shape index (κ2) is 5.51. The zero-order valence-electron chi connectivity index (χ0n) is 10.2. The van der Waals surface area contributed by atoms with E-state index in [1.807, 2.05) is 12.1 Å². The van der Waals surface area contributed by atoms with Crippen molar-refractivity contribution in [3.8, 4) is 0 Å². The van der Waals surface area contributed by atoms with Gasteiger partial charge in [-0.1, -0.05) is 0 Å². The van der Waals surface area contributed by atoms with E-state index < -0.39 is 11.7 Å². The lowest BCUT2D eigenvalue weighted by Gasteiger charge is -2.05. The van der Waals surface area contributed by atoms with Crippen LogP contribution in [-0.4, -0.2) is 0 Å². The molecule has 3 rings (SSSR count). The van der Waals surface area contributed by atoms with Gasteiger partial charge >= 0.3 is 6.18 Å². The third kappa shape index (κ3) is 3.33. The quantitative estimate of drug-likeness (QED) is 0.414. The van der Waals surface area contributed by atoms with Crippen LogP contribution in [0.3, 0.4) is 0 Å². The molecular formula is C13H6BrF3N2S2. The summed E-state index contributed by atoms with van der Waals surface area (Å²) in [6.45, 7) is 0. The molecule has 21 heavy (non-hydrogen) atoms. The van der Waals surface area contributed by atoms with Crippen molar-refractivity contribution >= 4 is 58.7 Å². The number of nitrogens with zero attached hydrogens (tertiary/aromatic N) is 2. The van der Waals surface area contributed by atoms with Crippen LogP contribution in [0.5, 0.6) is 0 Å². The Balaban J connectivity index is 1.80.